The van der Waals surface area contributed by atoms with E-state index in [-0.39, 0.29) is 30.8 Å². The minimum absolute atomic E-state index is 0. The maximum atomic E-state index is 11.6. The Labute approximate surface area is 118 Å². The van der Waals surface area contributed by atoms with E-state index >= 15 is 0 Å². The summed E-state index contributed by atoms with van der Waals surface area (Å²) >= 11 is 0. The lowest BCUT2D eigenvalue weighted by atomic mass is 10.2. The van der Waals surface area contributed by atoms with Crippen LogP contribution >= 0.6 is 0 Å². The Morgan fingerprint density at radius 3 is 2.11 bits per heavy atom. The van der Waals surface area contributed by atoms with Gasteiger partial charge < -0.3 is 17.1 Å². The van der Waals surface area contributed by atoms with Gasteiger partial charge in [0.15, 0.2) is 0 Å². The number of quaternary nitrogens is 1. The summed E-state index contributed by atoms with van der Waals surface area (Å²) in [6, 6.07) is 0. The Hall–Kier alpha value is -0.580. The van der Waals surface area contributed by atoms with Gasteiger partial charge >= 0.3 is 5.97 Å². The highest BCUT2D eigenvalue weighted by molar-refractivity contribution is 5.86. The third-order valence-corrected chi connectivity index (χ3v) is 3.39. The molecule has 18 heavy (non-hydrogen) atoms. The van der Waals surface area contributed by atoms with Gasteiger partial charge in [0.25, 0.3) is 0 Å². The van der Waals surface area contributed by atoms with Crippen LogP contribution in [0, 0.1) is 0 Å². The minimum Gasteiger partial charge on any atom is -1.00 e. The van der Waals surface area contributed by atoms with Crippen molar-refractivity contribution in [2.45, 2.75) is 39.6 Å². The molecule has 0 aromatic rings. The van der Waals surface area contributed by atoms with Crippen LogP contribution in [-0.4, -0.2) is 55.9 Å². The summed E-state index contributed by atoms with van der Waals surface area (Å²) in [5, 5.41) is 0. The molecule has 0 N–H and O–H groups in total. The predicted molar refractivity (Wildman–Crippen MR) is 70.2 cm³/mol. The first-order chi connectivity index (χ1) is 7.64. The molecule has 0 spiro atoms. The van der Waals surface area contributed by atoms with Crippen LogP contribution in [0.4, 0.5) is 0 Å². The number of halogens is 1. The van der Waals surface area contributed by atoms with Crippen LogP contribution in [0.15, 0.2) is 12.2 Å². The number of esters is 1. The lowest BCUT2D eigenvalue weighted by Crippen LogP contribution is -3.00. The molecule has 4 nitrogen and oxygen atoms in total. The second-order valence-corrected chi connectivity index (χ2v) is 5.27. The number of ether oxygens (including phenoxy) is 1. The molecule has 0 aromatic heterocycles. The van der Waals surface area contributed by atoms with Crippen LogP contribution in [0.1, 0.15) is 27.2 Å². The van der Waals surface area contributed by atoms with Crippen molar-refractivity contribution in [3.05, 3.63) is 12.2 Å². The average molecular weight is 279 g/mol. The Morgan fingerprint density at radius 2 is 1.83 bits per heavy atom. The van der Waals surface area contributed by atoms with Crippen molar-refractivity contribution >= 4 is 5.97 Å². The summed E-state index contributed by atoms with van der Waals surface area (Å²) in [5.41, 5.74) is 0.445. The van der Waals surface area contributed by atoms with Crippen molar-refractivity contribution < 1.29 is 26.4 Å². The lowest BCUT2D eigenvalue weighted by molar-refractivity contribution is -0.965. The van der Waals surface area contributed by atoms with Gasteiger partial charge in [0.1, 0.15) is 6.17 Å². The molecule has 2 unspecified atom stereocenters. The minimum atomic E-state index is -0.311. The maximum absolute atomic E-state index is 11.6. The second-order valence-electron chi connectivity index (χ2n) is 5.27. The number of hydrogen-bond acceptors (Lipinski definition) is 3. The van der Waals surface area contributed by atoms with E-state index in [0.717, 1.165) is 6.42 Å². The molecule has 0 saturated carbocycles. The number of nitrogens with zero attached hydrogens (tertiary/aromatic N) is 2. The van der Waals surface area contributed by atoms with Gasteiger partial charge in [-0.15, -0.1) is 0 Å². The van der Waals surface area contributed by atoms with E-state index in [2.05, 4.69) is 32.5 Å². The third kappa shape index (κ3) is 4.96. The zero-order valence-electron chi connectivity index (χ0n) is 12.7. The topological polar surface area (TPSA) is 29.5 Å². The van der Waals surface area contributed by atoms with E-state index in [1.165, 1.54) is 0 Å². The summed E-state index contributed by atoms with van der Waals surface area (Å²) in [4.78, 5) is 13.7. The van der Waals surface area contributed by atoms with Crippen LogP contribution in [0.2, 0.25) is 0 Å². The fraction of sp³-hybridized carbons (Fsp3) is 0.769. The smallest absolute Gasteiger partial charge is 0.337 e. The fourth-order valence-electron chi connectivity index (χ4n) is 1.75. The Morgan fingerprint density at radius 1 is 1.39 bits per heavy atom. The highest BCUT2D eigenvalue weighted by atomic mass is 35.5. The molecule has 0 aliphatic heterocycles. The van der Waals surface area contributed by atoms with Crippen LogP contribution in [0.25, 0.3) is 0 Å². The quantitative estimate of drug-likeness (QED) is 0.265. The monoisotopic (exact) mass is 278 g/mol. The van der Waals surface area contributed by atoms with Crippen molar-refractivity contribution in [3.63, 3.8) is 0 Å². The van der Waals surface area contributed by atoms with Crippen molar-refractivity contribution in [2.24, 2.45) is 0 Å². The first-order valence-corrected chi connectivity index (χ1v) is 6.00. The average Bonchev–Trinajstić information content (AvgIpc) is 2.23. The molecule has 0 rings (SSSR count). The standard InChI is InChI=1S/C13H27N2O2.ClH/c1-9-12(17-13(16)10(2)3)15(7,8)11(4)14(5)6;/h11-12H,2,9H2,1,3-8H3;1H/q+1;/p-1. The van der Waals surface area contributed by atoms with Crippen LogP contribution < -0.4 is 12.4 Å². The van der Waals surface area contributed by atoms with Crippen molar-refractivity contribution in [1.29, 1.82) is 0 Å². The van der Waals surface area contributed by atoms with E-state index < -0.39 is 0 Å². The number of carbonyl (C=O) groups is 1. The van der Waals surface area contributed by atoms with E-state index in [1.807, 2.05) is 21.0 Å². The summed E-state index contributed by atoms with van der Waals surface area (Å²) in [7, 11) is 8.20. The number of hydrogen-bond donors (Lipinski definition) is 0. The SMILES string of the molecule is C=C(C)C(=O)OC(CC)[N+](C)(C)C(C)N(C)C.[Cl-]. The van der Waals surface area contributed by atoms with E-state index in [0.29, 0.717) is 10.1 Å². The maximum Gasteiger partial charge on any atom is 0.337 e. The van der Waals surface area contributed by atoms with Gasteiger partial charge in [-0.2, -0.15) is 0 Å². The highest BCUT2D eigenvalue weighted by Crippen LogP contribution is 2.19. The van der Waals surface area contributed by atoms with Gasteiger partial charge in [-0.05, 0) is 21.0 Å². The molecule has 0 aliphatic carbocycles. The van der Waals surface area contributed by atoms with E-state index in [1.54, 1.807) is 6.92 Å². The van der Waals surface area contributed by atoms with Crippen LogP contribution in [-0.2, 0) is 9.53 Å². The molecule has 0 radical (unpaired) electrons. The largest absolute Gasteiger partial charge is 1.00 e. The summed E-state index contributed by atoms with van der Waals surface area (Å²) in [6.07, 6.45) is 0.888. The zero-order chi connectivity index (χ0) is 13.8. The van der Waals surface area contributed by atoms with E-state index in [9.17, 15) is 4.79 Å². The summed E-state index contributed by atoms with van der Waals surface area (Å²) < 4.78 is 6.12. The number of rotatable bonds is 6. The van der Waals surface area contributed by atoms with Crippen LogP contribution in [0.5, 0.6) is 0 Å². The normalized spacial score (nSPS) is 14.7. The van der Waals surface area contributed by atoms with Gasteiger partial charge in [-0.1, -0.05) is 13.5 Å². The molecule has 0 aliphatic rings. The first kappa shape index (κ1) is 19.8. The Bertz CT molecular complexity index is 291. The summed E-state index contributed by atoms with van der Waals surface area (Å²) in [6.45, 7) is 9.43. The molecular formula is C13H27ClN2O2. The molecule has 0 heterocycles. The fourth-order valence-corrected chi connectivity index (χ4v) is 1.75. The van der Waals surface area contributed by atoms with E-state index in [4.69, 9.17) is 4.74 Å². The Balaban J connectivity index is 0. The van der Waals surface area contributed by atoms with Crippen molar-refractivity contribution in [3.8, 4) is 0 Å². The van der Waals surface area contributed by atoms with Crippen LogP contribution in [0.3, 0.4) is 0 Å². The molecule has 108 valence electrons. The van der Waals surface area contributed by atoms with Gasteiger partial charge in [0, 0.05) is 18.9 Å². The van der Waals surface area contributed by atoms with Gasteiger partial charge in [-0.3, -0.25) is 9.38 Å². The van der Waals surface area contributed by atoms with Gasteiger partial charge in [0.2, 0.25) is 6.23 Å². The predicted octanol–water partition coefficient (Wildman–Crippen LogP) is -1.17. The molecule has 0 amide bonds. The summed E-state index contributed by atoms with van der Waals surface area (Å²) in [5.74, 6) is -0.311. The molecule has 0 bridgehead atoms. The molecule has 2 atom stereocenters. The van der Waals surface area contributed by atoms with Crippen molar-refractivity contribution in [2.75, 3.05) is 28.2 Å². The molecular weight excluding hydrogens is 252 g/mol. The lowest BCUT2D eigenvalue weighted by Gasteiger charge is -2.43. The van der Waals surface area contributed by atoms with Gasteiger partial charge in [0.05, 0.1) is 14.1 Å². The molecule has 5 heteroatoms. The molecule has 0 fully saturated rings. The second kappa shape index (κ2) is 7.77. The Kier molecular flexibility index (Phi) is 8.52. The molecule has 0 aromatic carbocycles. The third-order valence-electron chi connectivity index (χ3n) is 3.39. The van der Waals surface area contributed by atoms with Crippen molar-refractivity contribution in [1.82, 2.24) is 4.90 Å². The zero-order valence-corrected chi connectivity index (χ0v) is 13.4. The number of carbonyl (C=O) groups excluding carboxylic acids is 1. The van der Waals surface area contributed by atoms with Gasteiger partial charge in [-0.25, -0.2) is 4.79 Å². The highest BCUT2D eigenvalue weighted by Gasteiger charge is 2.36. The molecule has 0 saturated heterocycles. The first-order valence-electron chi connectivity index (χ1n) is 6.00.